The molecule has 5 nitrogen and oxygen atoms in total. The lowest BCUT2D eigenvalue weighted by molar-refractivity contribution is -0.111. The quantitative estimate of drug-likeness (QED) is 0.830. The molecule has 0 bridgehead atoms. The lowest BCUT2D eigenvalue weighted by Crippen LogP contribution is -2.09. The number of anilines is 1. The molecule has 1 amide bonds. The third-order valence-electron chi connectivity index (χ3n) is 3.21. The van der Waals surface area contributed by atoms with Gasteiger partial charge in [-0.3, -0.25) is 9.78 Å². The first-order valence-corrected chi connectivity index (χ1v) is 7.34. The Hall–Kier alpha value is -2.82. The van der Waals surface area contributed by atoms with Crippen LogP contribution in [-0.4, -0.2) is 24.6 Å². The minimum atomic E-state index is -0.213. The molecule has 0 saturated carbocycles. The molecule has 2 aromatic rings. The molecule has 120 valence electrons. The molecule has 0 radical (unpaired) electrons. The van der Waals surface area contributed by atoms with Crippen LogP contribution in [0.3, 0.4) is 0 Å². The predicted octanol–water partition coefficient (Wildman–Crippen LogP) is 3.45. The summed E-state index contributed by atoms with van der Waals surface area (Å²) in [7, 11) is 1.59. The van der Waals surface area contributed by atoms with Crippen molar-refractivity contribution in [2.45, 2.75) is 13.8 Å². The van der Waals surface area contributed by atoms with Crippen LogP contribution < -0.4 is 14.8 Å². The number of carbonyl (C=O) groups is 1. The minimum Gasteiger partial charge on any atom is -0.493 e. The molecule has 1 aromatic heterocycles. The SMILES string of the molecule is CCOc1cc(C=CC(=O)Nc2cnccc2C)ccc1OC. The van der Waals surface area contributed by atoms with Crippen molar-refractivity contribution >= 4 is 17.7 Å². The van der Waals surface area contributed by atoms with Crippen molar-refractivity contribution in [3.8, 4) is 11.5 Å². The molecule has 5 heteroatoms. The minimum absolute atomic E-state index is 0.213. The molecule has 0 saturated heterocycles. The summed E-state index contributed by atoms with van der Waals surface area (Å²) >= 11 is 0. The van der Waals surface area contributed by atoms with Gasteiger partial charge in [0.1, 0.15) is 0 Å². The van der Waals surface area contributed by atoms with Gasteiger partial charge < -0.3 is 14.8 Å². The van der Waals surface area contributed by atoms with Crippen LogP contribution in [-0.2, 0) is 4.79 Å². The van der Waals surface area contributed by atoms with Crippen LogP contribution in [0.25, 0.3) is 6.08 Å². The number of aryl methyl sites for hydroxylation is 1. The number of aromatic nitrogens is 1. The normalized spacial score (nSPS) is 10.6. The predicted molar refractivity (Wildman–Crippen MR) is 90.8 cm³/mol. The largest absolute Gasteiger partial charge is 0.493 e. The molecule has 0 aliphatic rings. The number of carbonyl (C=O) groups excluding carboxylic acids is 1. The second kappa shape index (κ2) is 7.98. The number of hydrogen-bond donors (Lipinski definition) is 1. The summed E-state index contributed by atoms with van der Waals surface area (Å²) in [6.45, 7) is 4.37. The molecule has 0 aliphatic carbocycles. The van der Waals surface area contributed by atoms with Gasteiger partial charge in [-0.05, 0) is 49.2 Å². The summed E-state index contributed by atoms with van der Waals surface area (Å²) in [4.78, 5) is 16.0. The van der Waals surface area contributed by atoms with Crippen molar-refractivity contribution in [2.75, 3.05) is 19.0 Å². The Labute approximate surface area is 136 Å². The molecule has 2 rings (SSSR count). The van der Waals surface area contributed by atoms with Gasteiger partial charge in [-0.1, -0.05) is 6.07 Å². The molecule has 0 unspecified atom stereocenters. The molecule has 0 atom stereocenters. The maximum atomic E-state index is 12.0. The molecule has 0 aliphatic heterocycles. The van der Waals surface area contributed by atoms with Gasteiger partial charge in [-0.2, -0.15) is 0 Å². The number of ether oxygens (including phenoxy) is 2. The standard InChI is InChI=1S/C18H20N2O3/c1-4-23-17-11-14(5-7-16(17)22-3)6-8-18(21)20-15-12-19-10-9-13(15)2/h5-12H,4H2,1-3H3,(H,20,21). The Morgan fingerprint density at radius 1 is 1.30 bits per heavy atom. The molecule has 1 aromatic carbocycles. The number of amides is 1. The maximum Gasteiger partial charge on any atom is 0.248 e. The van der Waals surface area contributed by atoms with E-state index in [-0.39, 0.29) is 5.91 Å². The van der Waals surface area contributed by atoms with Gasteiger partial charge in [0.15, 0.2) is 11.5 Å². The number of rotatable bonds is 6. The van der Waals surface area contributed by atoms with E-state index >= 15 is 0 Å². The fourth-order valence-electron chi connectivity index (χ4n) is 2.01. The van der Waals surface area contributed by atoms with Gasteiger partial charge >= 0.3 is 0 Å². The molecular weight excluding hydrogens is 292 g/mol. The lowest BCUT2D eigenvalue weighted by atomic mass is 10.2. The van der Waals surface area contributed by atoms with E-state index in [1.54, 1.807) is 25.6 Å². The number of nitrogens with zero attached hydrogens (tertiary/aromatic N) is 1. The van der Waals surface area contributed by atoms with Gasteiger partial charge in [0, 0.05) is 12.3 Å². The Balaban J connectivity index is 2.09. The van der Waals surface area contributed by atoms with Crippen LogP contribution >= 0.6 is 0 Å². The highest BCUT2D eigenvalue weighted by Crippen LogP contribution is 2.28. The fraction of sp³-hybridized carbons (Fsp3) is 0.222. The van der Waals surface area contributed by atoms with Crippen molar-refractivity contribution in [1.29, 1.82) is 0 Å². The van der Waals surface area contributed by atoms with Crippen LogP contribution in [0.15, 0.2) is 42.7 Å². The smallest absolute Gasteiger partial charge is 0.248 e. The average molecular weight is 312 g/mol. The summed E-state index contributed by atoms with van der Waals surface area (Å²) < 4.78 is 10.8. The van der Waals surface area contributed by atoms with E-state index in [1.165, 1.54) is 6.08 Å². The van der Waals surface area contributed by atoms with Crippen LogP contribution in [0.5, 0.6) is 11.5 Å². The highest BCUT2D eigenvalue weighted by atomic mass is 16.5. The van der Waals surface area contributed by atoms with Gasteiger partial charge in [-0.25, -0.2) is 0 Å². The second-order valence-corrected chi connectivity index (χ2v) is 4.86. The average Bonchev–Trinajstić information content (AvgIpc) is 2.55. The number of nitrogens with one attached hydrogen (secondary N) is 1. The van der Waals surface area contributed by atoms with Gasteiger partial charge in [0.05, 0.1) is 25.6 Å². The van der Waals surface area contributed by atoms with Crippen LogP contribution in [0.1, 0.15) is 18.1 Å². The zero-order chi connectivity index (χ0) is 16.7. The maximum absolute atomic E-state index is 12.0. The Morgan fingerprint density at radius 3 is 2.83 bits per heavy atom. The Bertz CT molecular complexity index is 711. The molecule has 1 N–H and O–H groups in total. The first-order chi connectivity index (χ1) is 11.1. The third kappa shape index (κ3) is 4.57. The van der Waals surface area contributed by atoms with Gasteiger partial charge in [0.2, 0.25) is 5.91 Å². The zero-order valence-corrected chi connectivity index (χ0v) is 13.5. The summed E-state index contributed by atoms with van der Waals surface area (Å²) in [6, 6.07) is 7.35. The van der Waals surface area contributed by atoms with Crippen LogP contribution in [0.4, 0.5) is 5.69 Å². The Morgan fingerprint density at radius 2 is 2.13 bits per heavy atom. The van der Waals surface area contributed by atoms with Crippen molar-refractivity contribution in [1.82, 2.24) is 4.98 Å². The van der Waals surface area contributed by atoms with E-state index in [9.17, 15) is 4.79 Å². The van der Waals surface area contributed by atoms with Gasteiger partial charge in [-0.15, -0.1) is 0 Å². The highest BCUT2D eigenvalue weighted by molar-refractivity contribution is 6.02. The van der Waals surface area contributed by atoms with E-state index in [2.05, 4.69) is 10.3 Å². The Kier molecular flexibility index (Phi) is 5.74. The summed E-state index contributed by atoms with van der Waals surface area (Å²) in [5.41, 5.74) is 2.52. The summed E-state index contributed by atoms with van der Waals surface area (Å²) in [5, 5.41) is 2.80. The van der Waals surface area contributed by atoms with Crippen LogP contribution in [0, 0.1) is 6.92 Å². The van der Waals surface area contributed by atoms with Gasteiger partial charge in [0.25, 0.3) is 0 Å². The van der Waals surface area contributed by atoms with E-state index in [4.69, 9.17) is 9.47 Å². The topological polar surface area (TPSA) is 60.5 Å². The van der Waals surface area contributed by atoms with E-state index in [1.807, 2.05) is 38.1 Å². The first kappa shape index (κ1) is 16.5. The van der Waals surface area contributed by atoms with E-state index in [0.29, 0.717) is 23.8 Å². The van der Waals surface area contributed by atoms with Crippen molar-refractivity contribution in [3.05, 3.63) is 53.9 Å². The molecule has 23 heavy (non-hydrogen) atoms. The van der Waals surface area contributed by atoms with E-state index < -0.39 is 0 Å². The molecule has 0 spiro atoms. The van der Waals surface area contributed by atoms with Crippen molar-refractivity contribution in [3.63, 3.8) is 0 Å². The van der Waals surface area contributed by atoms with Crippen LogP contribution in [0.2, 0.25) is 0 Å². The molecular formula is C18H20N2O3. The first-order valence-electron chi connectivity index (χ1n) is 7.34. The molecule has 0 fully saturated rings. The van der Waals surface area contributed by atoms with Crippen molar-refractivity contribution in [2.24, 2.45) is 0 Å². The third-order valence-corrected chi connectivity index (χ3v) is 3.21. The zero-order valence-electron chi connectivity index (χ0n) is 13.5. The highest BCUT2D eigenvalue weighted by Gasteiger charge is 2.05. The summed E-state index contributed by atoms with van der Waals surface area (Å²) in [6.07, 6.45) is 6.52. The lowest BCUT2D eigenvalue weighted by Gasteiger charge is -2.09. The number of pyridine rings is 1. The number of methoxy groups -OCH3 is 1. The van der Waals surface area contributed by atoms with E-state index in [0.717, 1.165) is 11.1 Å². The fourth-order valence-corrected chi connectivity index (χ4v) is 2.01. The monoisotopic (exact) mass is 312 g/mol. The summed E-state index contributed by atoms with van der Waals surface area (Å²) in [5.74, 6) is 1.11. The number of benzene rings is 1. The van der Waals surface area contributed by atoms with Crippen molar-refractivity contribution < 1.29 is 14.3 Å². The number of hydrogen-bond acceptors (Lipinski definition) is 4. The second-order valence-electron chi connectivity index (χ2n) is 4.86. The molecule has 1 heterocycles.